The van der Waals surface area contributed by atoms with Gasteiger partial charge in [0.2, 0.25) is 0 Å². The van der Waals surface area contributed by atoms with Crippen LogP contribution in [0, 0.1) is 0 Å². The lowest BCUT2D eigenvalue weighted by molar-refractivity contribution is 0.255. The minimum atomic E-state index is 0.370. The molecule has 146 valence electrons. The first-order valence-corrected chi connectivity index (χ1v) is 10.6. The van der Waals surface area contributed by atoms with Gasteiger partial charge in [-0.25, -0.2) is 0 Å². The molecule has 3 heterocycles. The van der Waals surface area contributed by atoms with E-state index in [-0.39, 0.29) is 0 Å². The van der Waals surface area contributed by atoms with E-state index >= 15 is 0 Å². The van der Waals surface area contributed by atoms with Crippen molar-refractivity contribution in [2.45, 2.75) is 25.8 Å². The Bertz CT molecular complexity index is 671. The van der Waals surface area contributed by atoms with Gasteiger partial charge in [0.25, 0.3) is 0 Å². The van der Waals surface area contributed by atoms with Crippen molar-refractivity contribution in [2.24, 2.45) is 4.99 Å². The molecule has 0 radical (unpaired) electrons. The van der Waals surface area contributed by atoms with Crippen LogP contribution < -0.4 is 15.4 Å². The quantitative estimate of drug-likeness (QED) is 0.394. The number of guanidine groups is 1. The van der Waals surface area contributed by atoms with Crippen molar-refractivity contribution in [2.75, 3.05) is 39.3 Å². The molecule has 1 aliphatic rings. The number of hydrogen-bond donors (Lipinski definition) is 2. The fourth-order valence-electron chi connectivity index (χ4n) is 3.21. The van der Waals surface area contributed by atoms with Gasteiger partial charge < -0.3 is 15.4 Å². The number of nitrogens with one attached hydrogen (secondary N) is 2. The Morgan fingerprint density at radius 1 is 1.30 bits per heavy atom. The molecule has 1 atom stereocenters. The van der Waals surface area contributed by atoms with Crippen LogP contribution >= 0.6 is 11.3 Å². The van der Waals surface area contributed by atoms with E-state index in [2.05, 4.69) is 45.0 Å². The Hall–Kier alpha value is -2.12. The molecule has 1 unspecified atom stereocenters. The molecule has 2 aromatic rings. The summed E-state index contributed by atoms with van der Waals surface area (Å²) < 4.78 is 5.69. The third-order valence-electron chi connectivity index (χ3n) is 4.52. The second kappa shape index (κ2) is 10.9. The fraction of sp³-hybridized carbons (Fsp3) is 0.500. The Morgan fingerprint density at radius 2 is 2.19 bits per heavy atom. The maximum atomic E-state index is 5.69. The summed E-state index contributed by atoms with van der Waals surface area (Å²) in [5.74, 6) is 1.63. The molecule has 0 saturated carbocycles. The molecule has 2 N–H and O–H groups in total. The van der Waals surface area contributed by atoms with Crippen molar-refractivity contribution in [3.63, 3.8) is 0 Å². The van der Waals surface area contributed by atoms with Crippen LogP contribution in [0.1, 0.15) is 30.7 Å². The number of aromatic nitrogens is 1. The number of likely N-dealkylation sites (tertiary alicyclic amines) is 1. The predicted molar refractivity (Wildman–Crippen MR) is 112 cm³/mol. The number of ether oxygens (including phenoxy) is 1. The molecular weight excluding hydrogens is 358 g/mol. The van der Waals surface area contributed by atoms with Gasteiger partial charge in [-0.1, -0.05) is 6.07 Å². The highest BCUT2D eigenvalue weighted by molar-refractivity contribution is 7.10. The molecule has 0 spiro atoms. The van der Waals surface area contributed by atoms with Gasteiger partial charge in [-0.05, 0) is 56.4 Å². The summed E-state index contributed by atoms with van der Waals surface area (Å²) in [7, 11) is 0. The zero-order chi connectivity index (χ0) is 18.7. The van der Waals surface area contributed by atoms with Crippen LogP contribution in [0.25, 0.3) is 0 Å². The van der Waals surface area contributed by atoms with Gasteiger partial charge in [0.15, 0.2) is 5.96 Å². The van der Waals surface area contributed by atoms with Gasteiger partial charge in [-0.3, -0.25) is 14.9 Å². The highest BCUT2D eigenvalue weighted by atomic mass is 32.1. The van der Waals surface area contributed by atoms with Gasteiger partial charge >= 0.3 is 0 Å². The van der Waals surface area contributed by atoms with Gasteiger partial charge in [0.05, 0.1) is 25.3 Å². The van der Waals surface area contributed by atoms with Crippen LogP contribution in [0.2, 0.25) is 0 Å². The summed E-state index contributed by atoms with van der Waals surface area (Å²) in [5.41, 5.74) is 0. The van der Waals surface area contributed by atoms with E-state index in [0.29, 0.717) is 19.2 Å². The Kier molecular flexibility index (Phi) is 7.92. The van der Waals surface area contributed by atoms with Gasteiger partial charge in [-0.15, -0.1) is 11.3 Å². The Balaban J connectivity index is 1.53. The number of thiophene rings is 1. The van der Waals surface area contributed by atoms with E-state index in [1.807, 2.05) is 23.5 Å². The normalized spacial score (nSPS) is 16.3. The van der Waals surface area contributed by atoms with Crippen molar-refractivity contribution in [3.05, 3.63) is 46.9 Å². The van der Waals surface area contributed by atoms with Crippen LogP contribution in [0.3, 0.4) is 0 Å². The fourth-order valence-corrected chi connectivity index (χ4v) is 4.06. The van der Waals surface area contributed by atoms with Crippen LogP contribution in [0.4, 0.5) is 0 Å². The van der Waals surface area contributed by atoms with E-state index in [9.17, 15) is 0 Å². The molecule has 27 heavy (non-hydrogen) atoms. The lowest BCUT2D eigenvalue weighted by Gasteiger charge is -2.25. The van der Waals surface area contributed by atoms with E-state index in [1.54, 1.807) is 12.4 Å². The molecule has 0 bridgehead atoms. The SMILES string of the molecule is CCNC(=NCC(c1cccs1)N1CCCC1)NCCOc1cccnc1. The number of aliphatic imine (C=N–C) groups is 1. The molecule has 1 fully saturated rings. The van der Waals surface area contributed by atoms with E-state index in [0.717, 1.165) is 24.8 Å². The molecule has 1 aliphatic heterocycles. The lowest BCUT2D eigenvalue weighted by atomic mass is 10.2. The second-order valence-corrected chi connectivity index (χ2v) is 7.44. The molecule has 0 aromatic carbocycles. The maximum Gasteiger partial charge on any atom is 0.191 e. The highest BCUT2D eigenvalue weighted by Crippen LogP contribution is 2.28. The smallest absolute Gasteiger partial charge is 0.191 e. The first-order chi connectivity index (χ1) is 13.4. The highest BCUT2D eigenvalue weighted by Gasteiger charge is 2.24. The summed E-state index contributed by atoms with van der Waals surface area (Å²) in [5, 5.41) is 8.84. The van der Waals surface area contributed by atoms with Crippen molar-refractivity contribution in [1.29, 1.82) is 0 Å². The summed E-state index contributed by atoms with van der Waals surface area (Å²) in [6, 6.07) is 8.51. The van der Waals surface area contributed by atoms with Crippen molar-refractivity contribution in [3.8, 4) is 5.75 Å². The first kappa shape index (κ1) is 19.6. The average molecular weight is 388 g/mol. The molecule has 7 heteroatoms. The summed E-state index contributed by atoms with van der Waals surface area (Å²) >= 11 is 1.82. The maximum absolute atomic E-state index is 5.69. The number of pyridine rings is 1. The minimum absolute atomic E-state index is 0.370. The number of nitrogens with zero attached hydrogens (tertiary/aromatic N) is 3. The summed E-state index contributed by atoms with van der Waals surface area (Å²) in [6.45, 7) is 7.27. The predicted octanol–water partition coefficient (Wildman–Crippen LogP) is 2.91. The van der Waals surface area contributed by atoms with E-state index in [4.69, 9.17) is 9.73 Å². The largest absolute Gasteiger partial charge is 0.490 e. The molecule has 0 amide bonds. The van der Waals surface area contributed by atoms with Crippen LogP contribution in [0.15, 0.2) is 47.0 Å². The number of rotatable bonds is 9. The molecule has 3 rings (SSSR count). The average Bonchev–Trinajstić information content (AvgIpc) is 3.41. The van der Waals surface area contributed by atoms with Crippen molar-refractivity contribution in [1.82, 2.24) is 20.5 Å². The van der Waals surface area contributed by atoms with Crippen LogP contribution in [-0.2, 0) is 0 Å². The molecule has 1 saturated heterocycles. The molecule has 6 nitrogen and oxygen atoms in total. The van der Waals surface area contributed by atoms with E-state index < -0.39 is 0 Å². The first-order valence-electron chi connectivity index (χ1n) is 9.69. The third-order valence-corrected chi connectivity index (χ3v) is 5.49. The van der Waals surface area contributed by atoms with Gasteiger partial charge in [-0.2, -0.15) is 0 Å². The van der Waals surface area contributed by atoms with Crippen LogP contribution in [-0.4, -0.2) is 55.2 Å². The summed E-state index contributed by atoms with van der Waals surface area (Å²) in [4.78, 5) is 12.9. The third kappa shape index (κ3) is 6.22. The minimum Gasteiger partial charge on any atom is -0.490 e. The Labute approximate surface area is 165 Å². The topological polar surface area (TPSA) is 61.8 Å². The van der Waals surface area contributed by atoms with Gasteiger partial charge in [0, 0.05) is 17.6 Å². The van der Waals surface area contributed by atoms with Crippen molar-refractivity contribution >= 4 is 17.3 Å². The Morgan fingerprint density at radius 3 is 2.89 bits per heavy atom. The summed E-state index contributed by atoms with van der Waals surface area (Å²) in [6.07, 6.45) is 6.04. The second-order valence-electron chi connectivity index (χ2n) is 6.46. The standard InChI is InChI=1S/C20H29N5OS/c1-2-22-20(23-10-13-26-17-7-5-9-21-15-17)24-16-18(19-8-6-14-27-19)25-11-3-4-12-25/h5-9,14-15,18H,2-4,10-13,16H2,1H3,(H2,22,23,24). The van der Waals surface area contributed by atoms with Crippen molar-refractivity contribution < 1.29 is 4.74 Å². The molecule has 0 aliphatic carbocycles. The van der Waals surface area contributed by atoms with E-state index in [1.165, 1.54) is 30.8 Å². The number of hydrogen-bond acceptors (Lipinski definition) is 5. The van der Waals surface area contributed by atoms with Gasteiger partial charge in [0.1, 0.15) is 12.4 Å². The molecule has 2 aromatic heterocycles. The molecular formula is C20H29N5OS. The zero-order valence-electron chi connectivity index (χ0n) is 15.9. The zero-order valence-corrected chi connectivity index (χ0v) is 16.8. The monoisotopic (exact) mass is 387 g/mol. The lowest BCUT2D eigenvalue weighted by Crippen LogP contribution is -2.40. The van der Waals surface area contributed by atoms with Crippen LogP contribution in [0.5, 0.6) is 5.75 Å².